The molecule has 1 nitrogen and oxygen atoms in total. The molecule has 1 N–H and O–H groups in total. The van der Waals surface area contributed by atoms with Crippen LogP contribution in [0.2, 0.25) is 0 Å². The molecule has 0 aliphatic heterocycles. The van der Waals surface area contributed by atoms with Crippen LogP contribution in [-0.2, 0) is 0 Å². The van der Waals surface area contributed by atoms with Crippen LogP contribution >= 0.6 is 11.8 Å². The maximum atomic E-state index is 4.08. The molecule has 0 aromatic carbocycles. The van der Waals surface area contributed by atoms with Crippen LogP contribution in [0.5, 0.6) is 0 Å². The Labute approximate surface area is 122 Å². The maximum absolute atomic E-state index is 4.08. The first-order valence-corrected chi connectivity index (χ1v) is 9.79. The average Bonchev–Trinajstić information content (AvgIpc) is 2.86. The van der Waals surface area contributed by atoms with Gasteiger partial charge in [-0.15, -0.1) is 0 Å². The molecule has 0 amide bonds. The van der Waals surface area contributed by atoms with Crippen LogP contribution in [0.1, 0.15) is 57.8 Å². The SMILES string of the molecule is CSC1(CNC2C3CC4CC(C3)CC2C4)CCCC1. The molecule has 0 radical (unpaired) electrons. The topological polar surface area (TPSA) is 12.0 Å². The lowest BCUT2D eigenvalue weighted by Gasteiger charge is -2.55. The summed E-state index contributed by atoms with van der Waals surface area (Å²) in [5.41, 5.74) is 0. The third kappa shape index (κ3) is 2.27. The van der Waals surface area contributed by atoms with E-state index in [9.17, 15) is 0 Å². The first kappa shape index (κ1) is 13.0. The molecule has 0 aromatic heterocycles. The Bertz CT molecular complexity index is 306. The van der Waals surface area contributed by atoms with Crippen LogP contribution in [-0.4, -0.2) is 23.6 Å². The summed E-state index contributed by atoms with van der Waals surface area (Å²) in [5, 5.41) is 4.08. The highest BCUT2D eigenvalue weighted by atomic mass is 32.2. The van der Waals surface area contributed by atoms with E-state index in [4.69, 9.17) is 0 Å². The van der Waals surface area contributed by atoms with Crippen LogP contribution in [0.3, 0.4) is 0 Å². The van der Waals surface area contributed by atoms with Crippen molar-refractivity contribution in [2.75, 3.05) is 12.8 Å². The van der Waals surface area contributed by atoms with Crippen molar-refractivity contribution in [1.82, 2.24) is 5.32 Å². The zero-order valence-corrected chi connectivity index (χ0v) is 13.2. The van der Waals surface area contributed by atoms with Crippen molar-refractivity contribution in [3.63, 3.8) is 0 Å². The van der Waals surface area contributed by atoms with Gasteiger partial charge in [-0.1, -0.05) is 12.8 Å². The fraction of sp³-hybridized carbons (Fsp3) is 1.00. The minimum atomic E-state index is 0.592. The molecule has 5 saturated carbocycles. The Morgan fingerprint density at radius 3 is 2.05 bits per heavy atom. The van der Waals surface area contributed by atoms with E-state index in [1.807, 2.05) is 0 Å². The average molecular weight is 279 g/mol. The molecule has 0 aromatic rings. The number of thioether (sulfide) groups is 1. The van der Waals surface area contributed by atoms with Gasteiger partial charge in [-0.25, -0.2) is 0 Å². The predicted molar refractivity (Wildman–Crippen MR) is 83.5 cm³/mol. The summed E-state index contributed by atoms with van der Waals surface area (Å²) in [6.07, 6.45) is 16.0. The third-order valence-electron chi connectivity index (χ3n) is 6.83. The molecule has 19 heavy (non-hydrogen) atoms. The van der Waals surface area contributed by atoms with Crippen LogP contribution in [0.15, 0.2) is 0 Å². The van der Waals surface area contributed by atoms with Gasteiger partial charge in [0, 0.05) is 17.3 Å². The molecule has 5 aliphatic carbocycles. The Morgan fingerprint density at radius 2 is 1.53 bits per heavy atom. The summed E-state index contributed by atoms with van der Waals surface area (Å²) in [6, 6.07) is 0.887. The van der Waals surface area contributed by atoms with Gasteiger partial charge in [-0.2, -0.15) is 11.8 Å². The molecule has 0 unspecified atom stereocenters. The van der Waals surface area contributed by atoms with Gasteiger partial charge in [0.15, 0.2) is 0 Å². The van der Waals surface area contributed by atoms with E-state index >= 15 is 0 Å². The van der Waals surface area contributed by atoms with Crippen LogP contribution < -0.4 is 5.32 Å². The van der Waals surface area contributed by atoms with Crippen molar-refractivity contribution in [2.24, 2.45) is 23.7 Å². The lowest BCUT2D eigenvalue weighted by molar-refractivity contribution is -0.0142. The molecule has 5 aliphatic rings. The van der Waals surface area contributed by atoms with E-state index < -0.39 is 0 Å². The summed E-state index contributed by atoms with van der Waals surface area (Å²) in [5.74, 6) is 4.30. The summed E-state index contributed by atoms with van der Waals surface area (Å²) in [6.45, 7) is 1.29. The van der Waals surface area contributed by atoms with Gasteiger partial charge in [0.1, 0.15) is 0 Å². The standard InChI is InChI=1S/C17H29NS/c1-19-17(4-2-3-5-17)11-18-16-14-7-12-6-13(9-14)10-15(16)8-12/h12-16,18H,2-11H2,1H3. The van der Waals surface area contributed by atoms with Gasteiger partial charge in [0.05, 0.1) is 0 Å². The summed E-state index contributed by atoms with van der Waals surface area (Å²) in [4.78, 5) is 0. The second-order valence-corrected chi connectivity index (χ2v) is 9.21. The smallest absolute Gasteiger partial charge is 0.0281 e. The highest BCUT2D eigenvalue weighted by molar-refractivity contribution is 8.00. The molecule has 0 heterocycles. The Morgan fingerprint density at radius 1 is 0.947 bits per heavy atom. The van der Waals surface area contributed by atoms with Crippen molar-refractivity contribution in [3.8, 4) is 0 Å². The van der Waals surface area contributed by atoms with E-state index in [2.05, 4.69) is 23.3 Å². The molecular weight excluding hydrogens is 250 g/mol. The molecule has 0 spiro atoms. The van der Waals surface area contributed by atoms with E-state index in [-0.39, 0.29) is 0 Å². The molecule has 108 valence electrons. The number of hydrogen-bond donors (Lipinski definition) is 1. The van der Waals surface area contributed by atoms with Crippen molar-refractivity contribution >= 4 is 11.8 Å². The minimum Gasteiger partial charge on any atom is -0.312 e. The van der Waals surface area contributed by atoms with Crippen LogP contribution in [0.4, 0.5) is 0 Å². The van der Waals surface area contributed by atoms with Crippen LogP contribution in [0, 0.1) is 23.7 Å². The van der Waals surface area contributed by atoms with Gasteiger partial charge in [-0.05, 0) is 74.9 Å². The first-order chi connectivity index (χ1) is 9.28. The van der Waals surface area contributed by atoms with E-state index in [0.29, 0.717) is 4.75 Å². The molecular formula is C17H29NS. The van der Waals surface area contributed by atoms with E-state index in [1.54, 1.807) is 32.1 Å². The fourth-order valence-electron chi connectivity index (χ4n) is 6.03. The monoisotopic (exact) mass is 279 g/mol. The number of hydrogen-bond acceptors (Lipinski definition) is 2. The van der Waals surface area contributed by atoms with E-state index in [1.165, 1.54) is 32.2 Å². The third-order valence-corrected chi connectivity index (χ3v) is 8.25. The van der Waals surface area contributed by atoms with Crippen molar-refractivity contribution in [3.05, 3.63) is 0 Å². The van der Waals surface area contributed by atoms with Gasteiger partial charge < -0.3 is 5.32 Å². The maximum Gasteiger partial charge on any atom is 0.0281 e. The van der Waals surface area contributed by atoms with Crippen molar-refractivity contribution in [2.45, 2.75) is 68.6 Å². The second-order valence-electron chi connectivity index (χ2n) is 7.93. The lowest BCUT2D eigenvalue weighted by Crippen LogP contribution is -2.56. The Hall–Kier alpha value is 0.310. The summed E-state index contributed by atoms with van der Waals surface area (Å²) < 4.78 is 0.592. The number of nitrogens with one attached hydrogen (secondary N) is 1. The van der Waals surface area contributed by atoms with Gasteiger partial charge in [-0.3, -0.25) is 0 Å². The Kier molecular flexibility index (Phi) is 3.38. The summed E-state index contributed by atoms with van der Waals surface area (Å²) >= 11 is 2.14. The van der Waals surface area contributed by atoms with Crippen molar-refractivity contribution < 1.29 is 0 Å². The zero-order valence-electron chi connectivity index (χ0n) is 12.4. The predicted octanol–water partition coefficient (Wildman–Crippen LogP) is 4.08. The Balaban J connectivity index is 1.40. The van der Waals surface area contributed by atoms with Gasteiger partial charge >= 0.3 is 0 Å². The second kappa shape index (κ2) is 4.94. The highest BCUT2D eigenvalue weighted by Crippen LogP contribution is 2.54. The summed E-state index contributed by atoms with van der Waals surface area (Å²) in [7, 11) is 0. The van der Waals surface area contributed by atoms with Crippen LogP contribution in [0.25, 0.3) is 0 Å². The molecule has 4 bridgehead atoms. The first-order valence-electron chi connectivity index (χ1n) is 8.56. The highest BCUT2D eigenvalue weighted by Gasteiger charge is 2.48. The van der Waals surface area contributed by atoms with Gasteiger partial charge in [0.2, 0.25) is 0 Å². The molecule has 0 atom stereocenters. The number of rotatable bonds is 4. The molecule has 0 saturated heterocycles. The fourth-order valence-corrected chi connectivity index (χ4v) is 6.96. The normalized spacial score (nSPS) is 46.9. The van der Waals surface area contributed by atoms with E-state index in [0.717, 1.165) is 29.7 Å². The zero-order chi connectivity index (χ0) is 12.9. The lowest BCUT2D eigenvalue weighted by atomic mass is 9.54. The molecule has 2 heteroatoms. The van der Waals surface area contributed by atoms with Gasteiger partial charge in [0.25, 0.3) is 0 Å². The quantitative estimate of drug-likeness (QED) is 0.832. The molecule has 5 fully saturated rings. The largest absolute Gasteiger partial charge is 0.312 e. The van der Waals surface area contributed by atoms with Crippen molar-refractivity contribution in [1.29, 1.82) is 0 Å². The minimum absolute atomic E-state index is 0.592. The molecule has 5 rings (SSSR count).